The molecule has 0 amide bonds. The van der Waals surface area contributed by atoms with E-state index >= 15 is 0 Å². The molecule has 0 aliphatic rings. The molecule has 0 aromatic carbocycles. The topological polar surface area (TPSA) is 89.8 Å². The van der Waals surface area contributed by atoms with Crippen molar-refractivity contribution in [1.29, 1.82) is 0 Å². The van der Waals surface area contributed by atoms with Crippen LogP contribution in [0, 0.1) is 0 Å². The summed E-state index contributed by atoms with van der Waals surface area (Å²) in [7, 11) is 0. The van der Waals surface area contributed by atoms with Crippen LogP contribution in [-0.2, 0) is 6.54 Å². The Morgan fingerprint density at radius 1 is 1.10 bits per heavy atom. The highest BCUT2D eigenvalue weighted by Gasteiger charge is 2.06. The number of nitrogens with zero attached hydrogens (tertiary/aromatic N) is 5. The number of ether oxygens (including phenoxy) is 1. The first-order valence-corrected chi connectivity index (χ1v) is 7.16. The Balaban J connectivity index is 1.97. The Morgan fingerprint density at radius 3 is 2.48 bits per heavy atom. The van der Waals surface area contributed by atoms with Crippen molar-refractivity contribution in [3.05, 3.63) is 18.5 Å². The molecule has 2 aromatic heterocycles. The molecule has 2 heterocycles. The third-order valence-corrected chi connectivity index (χ3v) is 2.60. The number of rotatable bonds is 9. The molecule has 2 aromatic rings. The van der Waals surface area contributed by atoms with Gasteiger partial charge in [0.15, 0.2) is 0 Å². The van der Waals surface area contributed by atoms with Crippen molar-refractivity contribution in [2.24, 2.45) is 0 Å². The monoisotopic (exact) mass is 291 g/mol. The first kappa shape index (κ1) is 15.0. The maximum Gasteiger partial charge on any atom is 0.323 e. The predicted octanol–water partition coefficient (Wildman–Crippen LogP) is 1.40. The molecule has 0 atom stereocenters. The van der Waals surface area contributed by atoms with Gasteiger partial charge < -0.3 is 15.4 Å². The number of anilines is 2. The summed E-state index contributed by atoms with van der Waals surface area (Å²) in [5, 5.41) is 10.4. The maximum absolute atomic E-state index is 5.36. The zero-order valence-electron chi connectivity index (χ0n) is 12.4. The van der Waals surface area contributed by atoms with E-state index in [-0.39, 0.29) is 0 Å². The molecule has 21 heavy (non-hydrogen) atoms. The maximum atomic E-state index is 5.36. The molecule has 8 nitrogen and oxygen atoms in total. The number of nitrogens with one attached hydrogen (secondary N) is 2. The highest BCUT2D eigenvalue weighted by Crippen LogP contribution is 2.11. The Labute approximate surface area is 124 Å². The zero-order valence-corrected chi connectivity index (χ0v) is 12.4. The third-order valence-electron chi connectivity index (χ3n) is 2.60. The molecule has 0 spiro atoms. The fourth-order valence-electron chi connectivity index (χ4n) is 1.66. The molecule has 0 aliphatic heterocycles. The van der Waals surface area contributed by atoms with Crippen LogP contribution in [0.25, 0.3) is 0 Å². The van der Waals surface area contributed by atoms with Crippen LogP contribution in [0.15, 0.2) is 18.5 Å². The van der Waals surface area contributed by atoms with Crippen LogP contribution in [0.3, 0.4) is 0 Å². The summed E-state index contributed by atoms with van der Waals surface area (Å²) in [6.45, 7) is 6.71. The standard InChI is InChI=1S/C13H21N7O/c1-3-6-14-11-17-12(19-13(18-11)21-4-2)15-8-10-20-9-5-7-16-20/h5,7,9H,3-4,6,8,10H2,1-2H3,(H2,14,15,17,18,19). The van der Waals surface area contributed by atoms with Gasteiger partial charge in [-0.2, -0.15) is 20.1 Å². The number of hydrogen-bond donors (Lipinski definition) is 2. The van der Waals surface area contributed by atoms with Gasteiger partial charge in [-0.05, 0) is 19.4 Å². The van der Waals surface area contributed by atoms with Gasteiger partial charge in [0.05, 0.1) is 13.2 Å². The molecule has 114 valence electrons. The van der Waals surface area contributed by atoms with Crippen molar-refractivity contribution < 1.29 is 4.74 Å². The van der Waals surface area contributed by atoms with Crippen LogP contribution in [0.2, 0.25) is 0 Å². The highest BCUT2D eigenvalue weighted by atomic mass is 16.5. The van der Waals surface area contributed by atoms with Crippen molar-refractivity contribution in [1.82, 2.24) is 24.7 Å². The molecule has 0 fully saturated rings. The van der Waals surface area contributed by atoms with E-state index in [1.54, 1.807) is 6.20 Å². The summed E-state index contributed by atoms with van der Waals surface area (Å²) in [6.07, 6.45) is 4.66. The first-order valence-electron chi connectivity index (χ1n) is 7.16. The summed E-state index contributed by atoms with van der Waals surface area (Å²) < 4.78 is 7.20. The molecule has 0 saturated carbocycles. The summed E-state index contributed by atoms with van der Waals surface area (Å²) in [4.78, 5) is 12.7. The van der Waals surface area contributed by atoms with E-state index in [1.807, 2.05) is 23.9 Å². The van der Waals surface area contributed by atoms with Crippen molar-refractivity contribution in [3.63, 3.8) is 0 Å². The second kappa shape index (κ2) is 8.03. The van der Waals surface area contributed by atoms with Gasteiger partial charge in [0.1, 0.15) is 0 Å². The predicted molar refractivity (Wildman–Crippen MR) is 80.5 cm³/mol. The summed E-state index contributed by atoms with van der Waals surface area (Å²) in [5.41, 5.74) is 0. The van der Waals surface area contributed by atoms with E-state index in [0.29, 0.717) is 31.1 Å². The van der Waals surface area contributed by atoms with Crippen LogP contribution < -0.4 is 15.4 Å². The van der Waals surface area contributed by atoms with Crippen LogP contribution in [0.4, 0.5) is 11.9 Å². The van der Waals surface area contributed by atoms with Crippen LogP contribution in [0.1, 0.15) is 20.3 Å². The lowest BCUT2D eigenvalue weighted by Crippen LogP contribution is -2.15. The van der Waals surface area contributed by atoms with E-state index in [9.17, 15) is 0 Å². The van der Waals surface area contributed by atoms with Gasteiger partial charge in [0, 0.05) is 25.5 Å². The lowest BCUT2D eigenvalue weighted by molar-refractivity contribution is 0.312. The quantitative estimate of drug-likeness (QED) is 0.721. The minimum Gasteiger partial charge on any atom is -0.464 e. The molecule has 0 aliphatic carbocycles. The smallest absolute Gasteiger partial charge is 0.323 e. The lowest BCUT2D eigenvalue weighted by Gasteiger charge is -2.09. The van der Waals surface area contributed by atoms with Gasteiger partial charge in [-0.25, -0.2) is 0 Å². The average molecular weight is 291 g/mol. The molecule has 0 saturated heterocycles. The lowest BCUT2D eigenvalue weighted by atomic mass is 10.5. The molecular formula is C13H21N7O. The largest absolute Gasteiger partial charge is 0.464 e. The Morgan fingerprint density at radius 2 is 1.86 bits per heavy atom. The first-order chi connectivity index (χ1) is 10.3. The van der Waals surface area contributed by atoms with Crippen LogP contribution in [0.5, 0.6) is 6.01 Å². The molecular weight excluding hydrogens is 270 g/mol. The molecule has 2 rings (SSSR count). The van der Waals surface area contributed by atoms with E-state index in [1.165, 1.54) is 0 Å². The third kappa shape index (κ3) is 4.90. The molecule has 8 heteroatoms. The Bertz CT molecular complexity index is 529. The van der Waals surface area contributed by atoms with Gasteiger partial charge in [0.2, 0.25) is 11.9 Å². The van der Waals surface area contributed by atoms with Crippen molar-refractivity contribution >= 4 is 11.9 Å². The molecule has 0 radical (unpaired) electrons. The van der Waals surface area contributed by atoms with Crippen LogP contribution >= 0.6 is 0 Å². The fraction of sp³-hybridized carbons (Fsp3) is 0.538. The van der Waals surface area contributed by atoms with Gasteiger partial charge in [-0.3, -0.25) is 4.68 Å². The minimum atomic E-state index is 0.327. The normalized spacial score (nSPS) is 10.4. The molecule has 2 N–H and O–H groups in total. The zero-order chi connectivity index (χ0) is 14.9. The fourth-order valence-corrected chi connectivity index (χ4v) is 1.66. The average Bonchev–Trinajstić information content (AvgIpc) is 2.99. The highest BCUT2D eigenvalue weighted by molar-refractivity contribution is 5.35. The molecule has 0 unspecified atom stereocenters. The van der Waals surface area contributed by atoms with E-state index in [2.05, 4.69) is 37.6 Å². The second-order valence-electron chi connectivity index (χ2n) is 4.32. The molecule has 0 bridgehead atoms. The van der Waals surface area contributed by atoms with Crippen LogP contribution in [-0.4, -0.2) is 44.4 Å². The van der Waals surface area contributed by atoms with Gasteiger partial charge in [-0.15, -0.1) is 0 Å². The Kier molecular flexibility index (Phi) is 5.74. The van der Waals surface area contributed by atoms with Gasteiger partial charge in [0.25, 0.3) is 0 Å². The van der Waals surface area contributed by atoms with Gasteiger partial charge in [-0.1, -0.05) is 6.92 Å². The van der Waals surface area contributed by atoms with E-state index < -0.39 is 0 Å². The number of aromatic nitrogens is 5. The van der Waals surface area contributed by atoms with Gasteiger partial charge >= 0.3 is 6.01 Å². The van der Waals surface area contributed by atoms with E-state index in [4.69, 9.17) is 4.74 Å². The summed E-state index contributed by atoms with van der Waals surface area (Å²) in [5.74, 6) is 1.02. The summed E-state index contributed by atoms with van der Waals surface area (Å²) >= 11 is 0. The van der Waals surface area contributed by atoms with Crippen molar-refractivity contribution in [2.75, 3.05) is 30.3 Å². The SMILES string of the molecule is CCCNc1nc(NCCn2cccn2)nc(OCC)n1. The Hall–Kier alpha value is -2.38. The number of hydrogen-bond acceptors (Lipinski definition) is 7. The van der Waals surface area contributed by atoms with Crippen molar-refractivity contribution in [3.8, 4) is 6.01 Å². The van der Waals surface area contributed by atoms with E-state index in [0.717, 1.165) is 19.5 Å². The van der Waals surface area contributed by atoms with Crippen molar-refractivity contribution in [2.45, 2.75) is 26.8 Å². The minimum absolute atomic E-state index is 0.327. The second-order valence-corrected chi connectivity index (χ2v) is 4.32. The summed E-state index contributed by atoms with van der Waals surface area (Å²) in [6, 6.07) is 2.22.